The maximum absolute atomic E-state index is 14.9. The van der Waals surface area contributed by atoms with Gasteiger partial charge >= 0.3 is 0 Å². The first kappa shape index (κ1) is 20.5. The number of nitrogens with two attached hydrogens (primary N) is 1. The molecule has 3 N–H and O–H groups in total. The van der Waals surface area contributed by atoms with Gasteiger partial charge in [0.15, 0.2) is 5.17 Å². The molecule has 4 rings (SSSR count). The fraction of sp³-hybridized carbons (Fsp3) is 0.368. The molecule has 30 heavy (non-hydrogen) atoms. The van der Waals surface area contributed by atoms with Crippen LogP contribution in [0, 0.1) is 11.7 Å². The number of hydrogen-bond donors (Lipinski definition) is 2. The summed E-state index contributed by atoms with van der Waals surface area (Å²) in [7, 11) is 0. The van der Waals surface area contributed by atoms with E-state index in [9.17, 15) is 13.6 Å². The lowest BCUT2D eigenvalue weighted by Crippen LogP contribution is -2.47. The van der Waals surface area contributed by atoms with Crippen molar-refractivity contribution in [2.24, 2.45) is 16.6 Å². The summed E-state index contributed by atoms with van der Waals surface area (Å²) in [6, 6.07) is 4.33. The van der Waals surface area contributed by atoms with Crippen molar-refractivity contribution in [3.05, 3.63) is 47.7 Å². The van der Waals surface area contributed by atoms with E-state index >= 15 is 0 Å². The Morgan fingerprint density at radius 1 is 1.40 bits per heavy atom. The number of halogens is 2. The molecule has 8 nitrogen and oxygen atoms in total. The highest BCUT2D eigenvalue weighted by molar-refractivity contribution is 8.13. The van der Waals surface area contributed by atoms with Gasteiger partial charge in [0.2, 0.25) is 12.7 Å². The van der Waals surface area contributed by atoms with E-state index in [1.807, 2.05) is 0 Å². The maximum atomic E-state index is 14.9. The summed E-state index contributed by atoms with van der Waals surface area (Å²) in [5, 5.41) is 3.09. The van der Waals surface area contributed by atoms with Gasteiger partial charge in [-0.05, 0) is 18.2 Å². The molecule has 1 fully saturated rings. The second-order valence-electron chi connectivity index (χ2n) is 6.85. The highest BCUT2D eigenvalue weighted by Gasteiger charge is 2.47. The Balaban J connectivity index is 1.62. The Morgan fingerprint density at radius 2 is 2.27 bits per heavy atom. The molecule has 2 unspecified atom stereocenters. The number of hydrogen-bond acceptors (Lipinski definition) is 8. The molecule has 1 aromatic carbocycles. The van der Waals surface area contributed by atoms with Gasteiger partial charge in [0.05, 0.1) is 24.5 Å². The number of aliphatic imine (C=N–C) groups is 1. The highest BCUT2D eigenvalue weighted by atomic mass is 32.2. The normalized spacial score (nSPS) is 23.3. The van der Waals surface area contributed by atoms with Crippen LogP contribution in [-0.4, -0.2) is 46.9 Å². The second kappa shape index (κ2) is 8.52. The third-order valence-corrected chi connectivity index (χ3v) is 6.07. The quantitative estimate of drug-likeness (QED) is 0.742. The molecule has 158 valence electrons. The zero-order chi connectivity index (χ0) is 21.1. The van der Waals surface area contributed by atoms with Gasteiger partial charge in [0.25, 0.3) is 5.91 Å². The zero-order valence-corrected chi connectivity index (χ0v) is 16.6. The number of thioether (sulfide) groups is 1. The fourth-order valence-corrected chi connectivity index (χ4v) is 4.62. The number of rotatable bonds is 5. The smallest absolute Gasteiger partial charge is 0.275 e. The third-order valence-electron chi connectivity index (χ3n) is 5.12. The number of nitrogens with one attached hydrogen (secondary N) is 1. The molecular weight excluding hydrogens is 416 g/mol. The van der Waals surface area contributed by atoms with Crippen LogP contribution in [0.15, 0.2) is 35.6 Å². The number of amidine groups is 1. The standard InChI is InChI=1S/C19H19F2N5O3S/c20-10-29-16-7-23-15(6-24-16)17(27)25-12-1-2-14(21)13(5-12)19-3-4-28-8-11(19)9-30-18(22)26-19/h1-2,5-7,11H,3-4,8-10H2,(H2,22,26)(H,25,27). The summed E-state index contributed by atoms with van der Waals surface area (Å²) < 4.78 is 37.2. The summed E-state index contributed by atoms with van der Waals surface area (Å²) in [4.78, 5) is 24.8. The van der Waals surface area contributed by atoms with E-state index in [1.54, 1.807) is 6.07 Å². The van der Waals surface area contributed by atoms with Gasteiger partial charge in [-0.1, -0.05) is 11.8 Å². The number of anilines is 1. The number of aromatic nitrogens is 2. The molecule has 3 heterocycles. The summed E-state index contributed by atoms with van der Waals surface area (Å²) in [5.41, 5.74) is 5.90. The van der Waals surface area contributed by atoms with Gasteiger partial charge in [-0.15, -0.1) is 0 Å². The molecule has 2 aliphatic rings. The van der Waals surface area contributed by atoms with Gasteiger partial charge in [-0.2, -0.15) is 0 Å². The van der Waals surface area contributed by atoms with Gasteiger partial charge in [0.1, 0.15) is 11.5 Å². The van der Waals surface area contributed by atoms with Crippen molar-refractivity contribution in [2.45, 2.75) is 12.0 Å². The van der Waals surface area contributed by atoms with Crippen molar-refractivity contribution in [1.29, 1.82) is 0 Å². The molecule has 2 aromatic rings. The van der Waals surface area contributed by atoms with Crippen molar-refractivity contribution in [3.63, 3.8) is 0 Å². The van der Waals surface area contributed by atoms with Crippen molar-refractivity contribution < 1.29 is 23.0 Å². The predicted molar refractivity (Wildman–Crippen MR) is 108 cm³/mol. The molecule has 0 aliphatic carbocycles. The van der Waals surface area contributed by atoms with Crippen LogP contribution < -0.4 is 15.8 Å². The number of ether oxygens (including phenoxy) is 2. The zero-order valence-electron chi connectivity index (χ0n) is 15.8. The van der Waals surface area contributed by atoms with Crippen LogP contribution in [0.1, 0.15) is 22.5 Å². The van der Waals surface area contributed by atoms with Crippen LogP contribution in [0.25, 0.3) is 0 Å². The summed E-state index contributed by atoms with van der Waals surface area (Å²) in [6.07, 6.45) is 2.81. The van der Waals surface area contributed by atoms with E-state index in [1.165, 1.54) is 30.1 Å². The van der Waals surface area contributed by atoms with Crippen molar-refractivity contribution in [1.82, 2.24) is 9.97 Å². The lowest BCUT2D eigenvalue weighted by molar-refractivity contribution is 0.00886. The monoisotopic (exact) mass is 435 g/mol. The molecule has 2 aliphatic heterocycles. The van der Waals surface area contributed by atoms with E-state index < -0.39 is 24.1 Å². The number of amides is 1. The minimum Gasteiger partial charge on any atom is -0.445 e. The number of carbonyl (C=O) groups excluding carboxylic acids is 1. The van der Waals surface area contributed by atoms with Gasteiger partial charge in [-0.3, -0.25) is 9.79 Å². The van der Waals surface area contributed by atoms with Crippen molar-refractivity contribution >= 4 is 28.5 Å². The van der Waals surface area contributed by atoms with Crippen LogP contribution in [-0.2, 0) is 10.3 Å². The van der Waals surface area contributed by atoms with Gasteiger partial charge < -0.3 is 20.5 Å². The maximum Gasteiger partial charge on any atom is 0.275 e. The lowest BCUT2D eigenvalue weighted by atomic mass is 9.75. The van der Waals surface area contributed by atoms with E-state index in [0.29, 0.717) is 41.8 Å². The average molecular weight is 435 g/mol. The van der Waals surface area contributed by atoms with E-state index in [0.717, 1.165) is 6.20 Å². The Bertz CT molecular complexity index is 975. The first-order valence-corrected chi connectivity index (χ1v) is 10.2. The SMILES string of the molecule is NC1=NC2(c3cc(NC(=O)c4cnc(OCF)cn4)ccc3F)CCOCC2CS1. The van der Waals surface area contributed by atoms with Gasteiger partial charge in [-0.25, -0.2) is 18.7 Å². The second-order valence-corrected chi connectivity index (χ2v) is 7.89. The molecule has 0 spiro atoms. The minimum atomic E-state index is -1.04. The van der Waals surface area contributed by atoms with Crippen molar-refractivity contribution in [3.8, 4) is 5.88 Å². The molecule has 0 saturated carbocycles. The minimum absolute atomic E-state index is 0.00511. The Labute approximate surface area is 175 Å². The van der Waals surface area contributed by atoms with Crippen molar-refractivity contribution in [2.75, 3.05) is 31.1 Å². The fourth-order valence-electron chi connectivity index (χ4n) is 3.65. The molecular formula is C19H19F2N5O3S. The van der Waals surface area contributed by atoms with E-state index in [2.05, 4.69) is 25.0 Å². The van der Waals surface area contributed by atoms with Crippen LogP contribution in [0.5, 0.6) is 5.88 Å². The van der Waals surface area contributed by atoms with Gasteiger partial charge in [0, 0.05) is 35.9 Å². The number of carbonyl (C=O) groups is 1. The number of nitrogens with zero attached hydrogens (tertiary/aromatic N) is 3. The molecule has 11 heteroatoms. The molecule has 1 amide bonds. The summed E-state index contributed by atoms with van der Waals surface area (Å²) in [5.74, 6) is -0.355. The molecule has 0 radical (unpaired) electrons. The molecule has 2 atom stereocenters. The molecule has 1 saturated heterocycles. The van der Waals surface area contributed by atoms with E-state index in [4.69, 9.17) is 10.5 Å². The van der Waals surface area contributed by atoms with E-state index in [-0.39, 0.29) is 17.5 Å². The number of alkyl halides is 1. The molecule has 1 aromatic heterocycles. The van der Waals surface area contributed by atoms with Crippen LogP contribution in [0.2, 0.25) is 0 Å². The average Bonchev–Trinajstić information content (AvgIpc) is 2.75. The van der Waals surface area contributed by atoms with Crippen LogP contribution in [0.4, 0.5) is 14.5 Å². The number of fused-ring (bicyclic) bond motifs is 1. The number of benzene rings is 1. The largest absolute Gasteiger partial charge is 0.445 e. The first-order chi connectivity index (χ1) is 14.5. The molecule has 0 bridgehead atoms. The Morgan fingerprint density at radius 3 is 3.03 bits per heavy atom. The highest BCUT2D eigenvalue weighted by Crippen LogP contribution is 2.46. The summed E-state index contributed by atoms with van der Waals surface area (Å²) in [6.45, 7) is -0.141. The summed E-state index contributed by atoms with van der Waals surface area (Å²) >= 11 is 1.43. The predicted octanol–water partition coefficient (Wildman–Crippen LogP) is 2.47. The third kappa shape index (κ3) is 3.94. The lowest BCUT2D eigenvalue weighted by Gasteiger charge is -2.44. The van der Waals surface area contributed by atoms with Crippen LogP contribution >= 0.6 is 11.8 Å². The van der Waals surface area contributed by atoms with Crippen LogP contribution in [0.3, 0.4) is 0 Å². The topological polar surface area (TPSA) is 112 Å². The first-order valence-electron chi connectivity index (χ1n) is 9.20. The Kier molecular flexibility index (Phi) is 5.82. The Hall–Kier alpha value is -2.79.